The number of fused-ring (bicyclic) bond motifs is 1. The predicted molar refractivity (Wildman–Crippen MR) is 65.6 cm³/mol. The average molecular weight is 246 g/mol. The standard InChI is InChI=1S/C13H14N2O3/c1-8(14-15-13(16)9-2-3-9)10-4-5-11-12(6-10)18-7-17-11/h4-6,9H,2-3,7H2,1H3,(H,15,16). The van der Waals surface area contributed by atoms with Gasteiger partial charge >= 0.3 is 0 Å². The van der Waals surface area contributed by atoms with Crippen LogP contribution in [0.1, 0.15) is 25.3 Å². The Labute approximate surface area is 105 Å². The number of nitrogens with one attached hydrogen (secondary N) is 1. The van der Waals surface area contributed by atoms with Crippen molar-refractivity contribution < 1.29 is 14.3 Å². The van der Waals surface area contributed by atoms with Gasteiger partial charge in [-0.2, -0.15) is 5.10 Å². The summed E-state index contributed by atoms with van der Waals surface area (Å²) in [6.07, 6.45) is 1.95. The molecule has 94 valence electrons. The highest BCUT2D eigenvalue weighted by Gasteiger charge is 2.29. The lowest BCUT2D eigenvalue weighted by Crippen LogP contribution is -2.20. The fourth-order valence-corrected chi connectivity index (χ4v) is 1.76. The molecule has 3 rings (SSSR count). The number of carbonyl (C=O) groups excluding carboxylic acids is 1. The van der Waals surface area contributed by atoms with E-state index in [1.54, 1.807) is 0 Å². The highest BCUT2D eigenvalue weighted by atomic mass is 16.7. The van der Waals surface area contributed by atoms with Crippen LogP contribution in [0, 0.1) is 5.92 Å². The van der Waals surface area contributed by atoms with Crippen molar-refractivity contribution in [2.24, 2.45) is 11.0 Å². The van der Waals surface area contributed by atoms with Crippen LogP contribution in [0.4, 0.5) is 0 Å². The van der Waals surface area contributed by atoms with Crippen molar-refractivity contribution in [2.75, 3.05) is 6.79 Å². The first-order valence-corrected chi connectivity index (χ1v) is 5.98. The van der Waals surface area contributed by atoms with Gasteiger partial charge in [0.25, 0.3) is 0 Å². The number of hydrazone groups is 1. The second kappa shape index (κ2) is 4.33. The lowest BCUT2D eigenvalue weighted by Gasteiger charge is -2.03. The number of benzene rings is 1. The van der Waals surface area contributed by atoms with Gasteiger partial charge in [0, 0.05) is 11.5 Å². The molecule has 1 aliphatic carbocycles. The van der Waals surface area contributed by atoms with E-state index in [2.05, 4.69) is 10.5 Å². The number of hydrogen-bond acceptors (Lipinski definition) is 4. The molecule has 5 nitrogen and oxygen atoms in total. The Morgan fingerprint density at radius 3 is 2.89 bits per heavy atom. The van der Waals surface area contributed by atoms with Crippen molar-refractivity contribution >= 4 is 11.6 Å². The normalized spacial score (nSPS) is 17.7. The first-order valence-electron chi connectivity index (χ1n) is 5.98. The van der Waals surface area contributed by atoms with Gasteiger partial charge in [0.2, 0.25) is 12.7 Å². The number of amides is 1. The van der Waals surface area contributed by atoms with Gasteiger partial charge < -0.3 is 9.47 Å². The van der Waals surface area contributed by atoms with Gasteiger partial charge in [-0.05, 0) is 38.0 Å². The zero-order valence-corrected chi connectivity index (χ0v) is 10.1. The SMILES string of the molecule is CC(=NNC(=O)C1CC1)c1ccc2c(c1)OCO2. The van der Waals surface area contributed by atoms with Gasteiger partial charge in [-0.15, -0.1) is 0 Å². The Bertz CT molecular complexity index is 521. The van der Waals surface area contributed by atoms with Crippen LogP contribution < -0.4 is 14.9 Å². The molecule has 18 heavy (non-hydrogen) atoms. The molecule has 1 aromatic rings. The molecule has 1 saturated carbocycles. The lowest BCUT2D eigenvalue weighted by molar-refractivity contribution is -0.122. The summed E-state index contributed by atoms with van der Waals surface area (Å²) >= 11 is 0. The minimum Gasteiger partial charge on any atom is -0.454 e. The van der Waals surface area contributed by atoms with Gasteiger partial charge in [-0.3, -0.25) is 4.79 Å². The summed E-state index contributed by atoms with van der Waals surface area (Å²) < 4.78 is 10.5. The smallest absolute Gasteiger partial charge is 0.243 e. The maximum absolute atomic E-state index is 11.5. The molecule has 0 aromatic heterocycles. The molecule has 0 unspecified atom stereocenters. The fourth-order valence-electron chi connectivity index (χ4n) is 1.76. The van der Waals surface area contributed by atoms with Crippen LogP contribution in [0.15, 0.2) is 23.3 Å². The average Bonchev–Trinajstić information content (AvgIpc) is 3.13. The summed E-state index contributed by atoms with van der Waals surface area (Å²) in [5.74, 6) is 1.64. The zero-order chi connectivity index (χ0) is 12.5. The molecular weight excluding hydrogens is 232 g/mol. The van der Waals surface area contributed by atoms with Crippen LogP contribution in [0.3, 0.4) is 0 Å². The van der Waals surface area contributed by atoms with Crippen LogP contribution in [0.5, 0.6) is 11.5 Å². The molecule has 1 amide bonds. The summed E-state index contributed by atoms with van der Waals surface area (Å²) in [6.45, 7) is 2.11. The van der Waals surface area contributed by atoms with Gasteiger partial charge in [0.1, 0.15) is 0 Å². The lowest BCUT2D eigenvalue weighted by atomic mass is 10.1. The largest absolute Gasteiger partial charge is 0.454 e. The Kier molecular flexibility index (Phi) is 2.66. The molecule has 1 aromatic carbocycles. The molecule has 5 heteroatoms. The Hall–Kier alpha value is -2.04. The number of nitrogens with zero attached hydrogens (tertiary/aromatic N) is 1. The van der Waals surface area contributed by atoms with E-state index < -0.39 is 0 Å². The number of carbonyl (C=O) groups is 1. The van der Waals surface area contributed by atoms with Gasteiger partial charge in [-0.1, -0.05) is 0 Å². The first kappa shape index (κ1) is 11.1. The molecule has 1 aliphatic heterocycles. The van der Waals surface area contributed by atoms with Crippen molar-refractivity contribution in [3.05, 3.63) is 23.8 Å². The number of hydrogen-bond donors (Lipinski definition) is 1. The monoisotopic (exact) mass is 246 g/mol. The minimum absolute atomic E-state index is 0.00935. The predicted octanol–water partition coefficient (Wildman–Crippen LogP) is 1.67. The zero-order valence-electron chi connectivity index (χ0n) is 10.1. The maximum Gasteiger partial charge on any atom is 0.243 e. The Morgan fingerprint density at radius 2 is 2.11 bits per heavy atom. The second-order valence-electron chi connectivity index (χ2n) is 4.52. The molecule has 1 fully saturated rings. The highest BCUT2D eigenvalue weighted by Crippen LogP contribution is 2.32. The van der Waals surface area contributed by atoms with Crippen molar-refractivity contribution in [3.63, 3.8) is 0 Å². The Balaban J connectivity index is 1.72. The van der Waals surface area contributed by atoms with Gasteiger partial charge in [0.15, 0.2) is 11.5 Å². The number of ether oxygens (including phenoxy) is 2. The van der Waals surface area contributed by atoms with E-state index in [4.69, 9.17) is 9.47 Å². The molecule has 0 bridgehead atoms. The van der Waals surface area contributed by atoms with E-state index in [1.165, 1.54) is 0 Å². The van der Waals surface area contributed by atoms with Crippen LogP contribution in [-0.4, -0.2) is 18.4 Å². The molecule has 0 radical (unpaired) electrons. The summed E-state index contributed by atoms with van der Waals surface area (Å²) in [4.78, 5) is 11.5. The third-order valence-electron chi connectivity index (χ3n) is 3.07. The minimum atomic E-state index is 0.00935. The topological polar surface area (TPSA) is 59.9 Å². The molecular formula is C13H14N2O3. The molecule has 1 N–H and O–H groups in total. The van der Waals surface area contributed by atoms with Crippen molar-refractivity contribution in [1.29, 1.82) is 0 Å². The van der Waals surface area contributed by atoms with E-state index in [9.17, 15) is 4.79 Å². The van der Waals surface area contributed by atoms with E-state index in [0.717, 1.165) is 35.6 Å². The second-order valence-corrected chi connectivity index (χ2v) is 4.52. The summed E-state index contributed by atoms with van der Waals surface area (Å²) in [7, 11) is 0. The molecule has 0 atom stereocenters. The fraction of sp³-hybridized carbons (Fsp3) is 0.385. The molecule has 0 saturated heterocycles. The summed E-state index contributed by atoms with van der Waals surface area (Å²) in [6, 6.07) is 5.61. The van der Waals surface area contributed by atoms with E-state index in [0.29, 0.717) is 0 Å². The summed E-state index contributed by atoms with van der Waals surface area (Å²) in [5.41, 5.74) is 4.25. The number of rotatable bonds is 3. The van der Waals surface area contributed by atoms with E-state index >= 15 is 0 Å². The van der Waals surface area contributed by atoms with Crippen LogP contribution in [0.2, 0.25) is 0 Å². The highest BCUT2D eigenvalue weighted by molar-refractivity contribution is 6.00. The van der Waals surface area contributed by atoms with Crippen molar-refractivity contribution in [3.8, 4) is 11.5 Å². The third kappa shape index (κ3) is 2.16. The quantitative estimate of drug-likeness (QED) is 0.652. The first-order chi connectivity index (χ1) is 8.74. The molecule has 1 heterocycles. The van der Waals surface area contributed by atoms with Crippen LogP contribution >= 0.6 is 0 Å². The maximum atomic E-state index is 11.5. The van der Waals surface area contributed by atoms with Gasteiger partial charge in [-0.25, -0.2) is 5.43 Å². The van der Waals surface area contributed by atoms with Crippen molar-refractivity contribution in [1.82, 2.24) is 5.43 Å². The Morgan fingerprint density at radius 1 is 1.33 bits per heavy atom. The summed E-state index contributed by atoms with van der Waals surface area (Å²) in [5, 5.41) is 4.10. The van der Waals surface area contributed by atoms with Crippen LogP contribution in [0.25, 0.3) is 0 Å². The van der Waals surface area contributed by atoms with Gasteiger partial charge in [0.05, 0.1) is 5.71 Å². The van der Waals surface area contributed by atoms with Crippen LogP contribution in [-0.2, 0) is 4.79 Å². The van der Waals surface area contributed by atoms with Crippen molar-refractivity contribution in [2.45, 2.75) is 19.8 Å². The molecule has 2 aliphatic rings. The van der Waals surface area contributed by atoms with E-state index in [-0.39, 0.29) is 18.6 Å². The molecule has 0 spiro atoms. The van der Waals surface area contributed by atoms with E-state index in [1.807, 2.05) is 25.1 Å². The third-order valence-corrected chi connectivity index (χ3v) is 3.07.